The molecule has 1 heterocycles. The zero-order chi connectivity index (χ0) is 20.3. The van der Waals surface area contributed by atoms with Gasteiger partial charge >= 0.3 is 17.9 Å². The van der Waals surface area contributed by atoms with Gasteiger partial charge in [0.2, 0.25) is 0 Å². The first-order chi connectivity index (χ1) is 12.7. The first kappa shape index (κ1) is 20.3. The number of ether oxygens (including phenoxy) is 2. The molecular formula is C19H22O8. The summed E-state index contributed by atoms with van der Waals surface area (Å²) in [5.74, 6) is -3.27. The van der Waals surface area contributed by atoms with Crippen molar-refractivity contribution >= 4 is 17.9 Å². The highest BCUT2D eigenvalue weighted by Crippen LogP contribution is 2.42. The molecule has 1 aromatic rings. The molecule has 0 fully saturated rings. The smallest absolute Gasteiger partial charge is 0.342 e. The highest BCUT2D eigenvalue weighted by molar-refractivity contribution is 5.98. The van der Waals surface area contributed by atoms with Crippen molar-refractivity contribution in [3.8, 4) is 11.5 Å². The lowest BCUT2D eigenvalue weighted by molar-refractivity contribution is -0.140. The van der Waals surface area contributed by atoms with E-state index in [1.807, 2.05) is 0 Å². The Balaban J connectivity index is 2.41. The number of carbonyl (C=O) groups is 3. The number of aliphatic carboxylic acids is 2. The maximum atomic E-state index is 11.9. The third-order valence-corrected chi connectivity index (χ3v) is 4.76. The van der Waals surface area contributed by atoms with Gasteiger partial charge in [0.15, 0.2) is 0 Å². The maximum Gasteiger partial charge on any atom is 0.342 e. The van der Waals surface area contributed by atoms with Crippen LogP contribution >= 0.6 is 0 Å². The third kappa shape index (κ3) is 4.21. The van der Waals surface area contributed by atoms with Gasteiger partial charge in [-0.3, -0.25) is 9.59 Å². The van der Waals surface area contributed by atoms with Gasteiger partial charge in [0.1, 0.15) is 23.7 Å². The van der Waals surface area contributed by atoms with E-state index in [-0.39, 0.29) is 37.2 Å². The van der Waals surface area contributed by atoms with E-state index in [4.69, 9.17) is 19.7 Å². The molecule has 0 saturated carbocycles. The molecule has 0 amide bonds. The normalized spacial score (nSPS) is 13.5. The van der Waals surface area contributed by atoms with Crippen molar-refractivity contribution in [2.75, 3.05) is 7.11 Å². The van der Waals surface area contributed by atoms with Crippen molar-refractivity contribution in [1.82, 2.24) is 0 Å². The van der Waals surface area contributed by atoms with E-state index in [9.17, 15) is 19.5 Å². The van der Waals surface area contributed by atoms with Crippen LogP contribution in [0.3, 0.4) is 0 Å². The quantitative estimate of drug-likeness (QED) is 0.464. The number of phenols is 1. The van der Waals surface area contributed by atoms with Crippen LogP contribution < -0.4 is 4.74 Å². The van der Waals surface area contributed by atoms with Gasteiger partial charge in [-0.05, 0) is 25.8 Å². The van der Waals surface area contributed by atoms with E-state index >= 15 is 0 Å². The number of hydrogen-bond donors (Lipinski definition) is 3. The van der Waals surface area contributed by atoms with Gasteiger partial charge in [-0.1, -0.05) is 11.6 Å². The van der Waals surface area contributed by atoms with Crippen molar-refractivity contribution in [3.05, 3.63) is 33.9 Å². The number of carboxylic acids is 2. The standard InChI is InChI=1S/C19H22O8/c1-9(11(6-14(20)21)7-15(22)23)4-5-12-17(24)16-13(8-27-19(16)25)10(2)18(12)26-3/h4,11,24H,5-8H2,1-3H3,(H,20,21)(H,22,23). The fourth-order valence-electron chi connectivity index (χ4n) is 3.27. The molecule has 0 aliphatic carbocycles. The largest absolute Gasteiger partial charge is 0.507 e. The Kier molecular flexibility index (Phi) is 6.09. The predicted octanol–water partition coefficient (Wildman–Crippen LogP) is 2.43. The van der Waals surface area contributed by atoms with Crippen molar-refractivity contribution in [2.45, 2.75) is 39.7 Å². The molecule has 0 unspecified atom stereocenters. The number of allylic oxidation sites excluding steroid dienone is 2. The molecule has 0 aromatic heterocycles. The van der Waals surface area contributed by atoms with Crippen molar-refractivity contribution < 1.29 is 39.2 Å². The van der Waals surface area contributed by atoms with Gasteiger partial charge in [0, 0.05) is 17.0 Å². The van der Waals surface area contributed by atoms with E-state index in [0.717, 1.165) is 0 Å². The summed E-state index contributed by atoms with van der Waals surface area (Å²) in [6.45, 7) is 3.48. The summed E-state index contributed by atoms with van der Waals surface area (Å²) in [5.41, 5.74) is 2.32. The fourth-order valence-corrected chi connectivity index (χ4v) is 3.27. The Bertz CT molecular complexity index is 806. The molecule has 8 heteroatoms. The van der Waals surface area contributed by atoms with Crippen LogP contribution in [-0.2, 0) is 27.4 Å². The summed E-state index contributed by atoms with van der Waals surface area (Å²) in [6, 6.07) is 0. The molecule has 0 bridgehead atoms. The topological polar surface area (TPSA) is 130 Å². The highest BCUT2D eigenvalue weighted by atomic mass is 16.5. The molecule has 146 valence electrons. The number of rotatable bonds is 8. The number of carbonyl (C=O) groups excluding carboxylic acids is 1. The summed E-state index contributed by atoms with van der Waals surface area (Å²) >= 11 is 0. The second kappa shape index (κ2) is 8.11. The Morgan fingerprint density at radius 2 is 1.85 bits per heavy atom. The number of cyclic esters (lactones) is 1. The Morgan fingerprint density at radius 3 is 2.37 bits per heavy atom. The first-order valence-electron chi connectivity index (χ1n) is 8.35. The minimum absolute atomic E-state index is 0.0678. The summed E-state index contributed by atoms with van der Waals surface area (Å²) in [4.78, 5) is 33.9. The average molecular weight is 378 g/mol. The molecule has 0 atom stereocenters. The minimum Gasteiger partial charge on any atom is -0.507 e. The average Bonchev–Trinajstić information content (AvgIpc) is 2.97. The van der Waals surface area contributed by atoms with E-state index < -0.39 is 23.8 Å². The van der Waals surface area contributed by atoms with Crippen LogP contribution in [-0.4, -0.2) is 40.3 Å². The fraction of sp³-hybridized carbons (Fsp3) is 0.421. The third-order valence-electron chi connectivity index (χ3n) is 4.76. The van der Waals surface area contributed by atoms with Gasteiger partial charge in [-0.2, -0.15) is 0 Å². The Morgan fingerprint density at radius 1 is 1.26 bits per heavy atom. The zero-order valence-corrected chi connectivity index (χ0v) is 15.4. The monoisotopic (exact) mass is 378 g/mol. The number of aromatic hydroxyl groups is 1. The van der Waals surface area contributed by atoms with Gasteiger partial charge < -0.3 is 24.8 Å². The second-order valence-electron chi connectivity index (χ2n) is 6.46. The minimum atomic E-state index is -1.09. The van der Waals surface area contributed by atoms with Crippen molar-refractivity contribution in [1.29, 1.82) is 0 Å². The van der Waals surface area contributed by atoms with Gasteiger partial charge in [0.25, 0.3) is 0 Å². The first-order valence-corrected chi connectivity index (χ1v) is 8.35. The van der Waals surface area contributed by atoms with Crippen LogP contribution in [0.5, 0.6) is 11.5 Å². The lowest BCUT2D eigenvalue weighted by atomic mass is 9.90. The molecule has 2 rings (SSSR count). The van der Waals surface area contributed by atoms with E-state index in [1.165, 1.54) is 7.11 Å². The van der Waals surface area contributed by atoms with Crippen LogP contribution in [0.1, 0.15) is 46.8 Å². The Hall–Kier alpha value is -3.03. The maximum absolute atomic E-state index is 11.9. The molecule has 0 radical (unpaired) electrons. The van der Waals surface area contributed by atoms with Crippen LogP contribution in [0.15, 0.2) is 11.6 Å². The molecule has 8 nitrogen and oxygen atoms in total. The van der Waals surface area contributed by atoms with E-state index in [2.05, 4.69) is 0 Å². The highest BCUT2D eigenvalue weighted by Gasteiger charge is 2.32. The molecule has 0 saturated heterocycles. The Labute approximate surface area is 156 Å². The number of fused-ring (bicyclic) bond motifs is 1. The number of carboxylic acid groups (broad SMARTS) is 2. The van der Waals surface area contributed by atoms with Crippen LogP contribution in [0, 0.1) is 12.8 Å². The number of phenolic OH excluding ortho intramolecular Hbond substituents is 1. The zero-order valence-electron chi connectivity index (χ0n) is 15.4. The van der Waals surface area contributed by atoms with Crippen LogP contribution in [0.4, 0.5) is 0 Å². The van der Waals surface area contributed by atoms with Crippen LogP contribution in [0.25, 0.3) is 0 Å². The number of methoxy groups -OCH3 is 1. The lowest BCUT2D eigenvalue weighted by Crippen LogP contribution is -2.14. The molecule has 3 N–H and O–H groups in total. The van der Waals surface area contributed by atoms with Gasteiger partial charge in [-0.25, -0.2) is 4.79 Å². The van der Waals surface area contributed by atoms with Crippen molar-refractivity contribution in [2.24, 2.45) is 5.92 Å². The van der Waals surface area contributed by atoms with E-state index in [1.54, 1.807) is 19.9 Å². The van der Waals surface area contributed by atoms with Crippen LogP contribution in [0.2, 0.25) is 0 Å². The lowest BCUT2D eigenvalue weighted by Gasteiger charge is -2.17. The van der Waals surface area contributed by atoms with E-state index in [0.29, 0.717) is 28.0 Å². The number of esters is 1. The van der Waals surface area contributed by atoms with Gasteiger partial charge in [0.05, 0.1) is 20.0 Å². The molecule has 0 spiro atoms. The molecule has 27 heavy (non-hydrogen) atoms. The molecule has 1 aromatic carbocycles. The summed E-state index contributed by atoms with van der Waals surface area (Å²) in [6.07, 6.45) is 1.18. The van der Waals surface area contributed by atoms with Crippen molar-refractivity contribution in [3.63, 3.8) is 0 Å². The number of benzene rings is 1. The molecule has 1 aliphatic rings. The number of hydrogen-bond acceptors (Lipinski definition) is 6. The predicted molar refractivity (Wildman–Crippen MR) is 94.0 cm³/mol. The molecular weight excluding hydrogens is 356 g/mol. The summed E-state index contributed by atoms with van der Waals surface area (Å²) < 4.78 is 10.4. The second-order valence-corrected chi connectivity index (χ2v) is 6.46. The SMILES string of the molecule is COc1c(C)c2c(c(O)c1CC=C(C)C(CC(=O)O)CC(=O)O)C(=O)OC2. The van der Waals surface area contributed by atoms with Gasteiger partial charge in [-0.15, -0.1) is 0 Å². The summed E-state index contributed by atoms with van der Waals surface area (Å²) in [7, 11) is 1.45. The molecule has 1 aliphatic heterocycles. The summed E-state index contributed by atoms with van der Waals surface area (Å²) in [5, 5.41) is 28.6.